The monoisotopic (exact) mass is 181 g/mol. The van der Waals surface area contributed by atoms with E-state index < -0.39 is 5.97 Å². The van der Waals surface area contributed by atoms with Gasteiger partial charge in [0, 0.05) is 6.20 Å². The van der Waals surface area contributed by atoms with Gasteiger partial charge in [-0.15, -0.1) is 0 Å². The number of aromatic nitrogens is 1. The van der Waals surface area contributed by atoms with E-state index in [1.165, 1.54) is 12.4 Å². The first-order chi connectivity index (χ1) is 6.29. The van der Waals surface area contributed by atoms with Crippen LogP contribution in [0.3, 0.4) is 0 Å². The summed E-state index contributed by atoms with van der Waals surface area (Å²) in [5, 5.41) is 0. The fourth-order valence-corrected chi connectivity index (χ4v) is 0.896. The van der Waals surface area contributed by atoms with Crippen LogP contribution in [0.15, 0.2) is 18.5 Å². The summed E-state index contributed by atoms with van der Waals surface area (Å²) in [5.41, 5.74) is 3.22. The van der Waals surface area contributed by atoms with E-state index in [1.807, 2.05) is 0 Å². The van der Waals surface area contributed by atoms with Crippen molar-refractivity contribution in [2.24, 2.45) is 5.84 Å². The second kappa shape index (κ2) is 4.42. The Balaban J connectivity index is 2.92. The van der Waals surface area contributed by atoms with Gasteiger partial charge < -0.3 is 10.2 Å². The lowest BCUT2D eigenvalue weighted by Gasteiger charge is -2.06. The number of nitrogen functional groups attached to an aromatic ring is 1. The van der Waals surface area contributed by atoms with Crippen LogP contribution in [0.25, 0.3) is 0 Å². The topological polar surface area (TPSA) is 77.2 Å². The van der Waals surface area contributed by atoms with E-state index in [0.717, 1.165) is 0 Å². The number of ether oxygens (including phenoxy) is 1. The normalized spacial score (nSPS) is 9.38. The minimum Gasteiger partial charge on any atom is -0.462 e. The Hall–Kier alpha value is -1.62. The van der Waals surface area contributed by atoms with Gasteiger partial charge in [-0.25, -0.2) is 4.79 Å². The molecule has 0 atom stereocenters. The fraction of sp³-hybridized carbons (Fsp3) is 0.250. The molecule has 0 aliphatic heterocycles. The number of hydrogen-bond acceptors (Lipinski definition) is 5. The van der Waals surface area contributed by atoms with E-state index in [0.29, 0.717) is 17.9 Å². The number of rotatable bonds is 3. The zero-order valence-electron chi connectivity index (χ0n) is 7.28. The molecular formula is C8H11N3O2. The number of carbonyl (C=O) groups is 1. The molecule has 0 aliphatic rings. The third-order valence-electron chi connectivity index (χ3n) is 1.47. The number of hydrazine groups is 1. The third kappa shape index (κ3) is 2.16. The number of carbonyl (C=O) groups excluding carboxylic acids is 1. The summed E-state index contributed by atoms with van der Waals surface area (Å²) in [6, 6.07) is 1.55. The van der Waals surface area contributed by atoms with Gasteiger partial charge >= 0.3 is 5.97 Å². The molecule has 0 fully saturated rings. The molecule has 0 aromatic carbocycles. The molecule has 1 heterocycles. The van der Waals surface area contributed by atoms with Crippen molar-refractivity contribution < 1.29 is 9.53 Å². The van der Waals surface area contributed by atoms with Gasteiger partial charge in [0.2, 0.25) is 0 Å². The highest BCUT2D eigenvalue weighted by Crippen LogP contribution is 2.12. The Kier molecular flexibility index (Phi) is 3.22. The summed E-state index contributed by atoms with van der Waals surface area (Å²) in [5.74, 6) is 4.78. The van der Waals surface area contributed by atoms with Crippen LogP contribution in [0.5, 0.6) is 0 Å². The van der Waals surface area contributed by atoms with Crippen LogP contribution in [-0.4, -0.2) is 17.6 Å². The number of anilines is 1. The van der Waals surface area contributed by atoms with Crippen molar-refractivity contribution in [3.05, 3.63) is 24.0 Å². The number of esters is 1. The van der Waals surface area contributed by atoms with Crippen LogP contribution in [0.2, 0.25) is 0 Å². The second-order valence-corrected chi connectivity index (χ2v) is 2.29. The first-order valence-corrected chi connectivity index (χ1v) is 3.87. The molecule has 0 unspecified atom stereocenters. The van der Waals surface area contributed by atoms with Crippen LogP contribution in [-0.2, 0) is 4.74 Å². The molecule has 3 N–H and O–H groups in total. The number of pyridine rings is 1. The molecule has 5 heteroatoms. The van der Waals surface area contributed by atoms with Gasteiger partial charge in [-0.05, 0) is 13.0 Å². The maximum atomic E-state index is 11.3. The molecule has 70 valence electrons. The SMILES string of the molecule is CCOC(=O)c1ccncc1NN. The zero-order valence-corrected chi connectivity index (χ0v) is 7.28. The van der Waals surface area contributed by atoms with E-state index in [-0.39, 0.29) is 0 Å². The summed E-state index contributed by atoms with van der Waals surface area (Å²) in [4.78, 5) is 15.1. The lowest BCUT2D eigenvalue weighted by atomic mass is 10.2. The van der Waals surface area contributed by atoms with Gasteiger partial charge in [0.05, 0.1) is 24.1 Å². The quantitative estimate of drug-likeness (QED) is 0.404. The molecule has 0 spiro atoms. The fourth-order valence-electron chi connectivity index (χ4n) is 0.896. The second-order valence-electron chi connectivity index (χ2n) is 2.29. The minimum absolute atomic E-state index is 0.338. The van der Waals surface area contributed by atoms with Crippen LogP contribution < -0.4 is 11.3 Å². The average molecular weight is 181 g/mol. The summed E-state index contributed by atoms with van der Waals surface area (Å²) in [7, 11) is 0. The summed E-state index contributed by atoms with van der Waals surface area (Å²) < 4.78 is 4.81. The first kappa shape index (κ1) is 9.47. The summed E-state index contributed by atoms with van der Waals surface area (Å²) >= 11 is 0. The van der Waals surface area contributed by atoms with Gasteiger partial charge in [-0.1, -0.05) is 0 Å². The van der Waals surface area contributed by atoms with Crippen molar-refractivity contribution >= 4 is 11.7 Å². The minimum atomic E-state index is -0.405. The number of hydrogen-bond donors (Lipinski definition) is 2. The highest BCUT2D eigenvalue weighted by molar-refractivity contribution is 5.95. The van der Waals surface area contributed by atoms with Crippen molar-refractivity contribution in [3.8, 4) is 0 Å². The van der Waals surface area contributed by atoms with Crippen molar-refractivity contribution in [1.29, 1.82) is 0 Å². The predicted octanol–water partition coefficient (Wildman–Crippen LogP) is 0.544. The lowest BCUT2D eigenvalue weighted by Crippen LogP contribution is -2.13. The lowest BCUT2D eigenvalue weighted by molar-refractivity contribution is 0.0527. The smallest absolute Gasteiger partial charge is 0.340 e. The van der Waals surface area contributed by atoms with Gasteiger partial charge in [-0.2, -0.15) is 0 Å². The van der Waals surface area contributed by atoms with E-state index in [9.17, 15) is 4.79 Å². The molecule has 0 saturated heterocycles. The maximum absolute atomic E-state index is 11.3. The zero-order chi connectivity index (χ0) is 9.68. The molecule has 1 rings (SSSR count). The third-order valence-corrected chi connectivity index (χ3v) is 1.47. The number of nitrogens with zero attached hydrogens (tertiary/aromatic N) is 1. The van der Waals surface area contributed by atoms with Crippen LogP contribution in [0.4, 0.5) is 5.69 Å². The molecule has 1 aromatic rings. The van der Waals surface area contributed by atoms with Gasteiger partial charge in [0.25, 0.3) is 0 Å². The van der Waals surface area contributed by atoms with E-state index in [1.54, 1.807) is 13.0 Å². The Morgan fingerprint density at radius 2 is 2.54 bits per heavy atom. The number of nitrogens with two attached hydrogens (primary N) is 1. The molecule has 0 radical (unpaired) electrons. The molecule has 0 saturated carbocycles. The summed E-state index contributed by atoms with van der Waals surface area (Å²) in [6.45, 7) is 2.08. The largest absolute Gasteiger partial charge is 0.462 e. The van der Waals surface area contributed by atoms with Crippen LogP contribution in [0, 0.1) is 0 Å². The number of nitrogens with one attached hydrogen (secondary N) is 1. The molecule has 13 heavy (non-hydrogen) atoms. The van der Waals surface area contributed by atoms with E-state index in [4.69, 9.17) is 10.6 Å². The van der Waals surface area contributed by atoms with Gasteiger partial charge in [-0.3, -0.25) is 10.8 Å². The van der Waals surface area contributed by atoms with Crippen molar-refractivity contribution in [3.63, 3.8) is 0 Å². The molecule has 1 aromatic heterocycles. The standard InChI is InChI=1S/C8H11N3O2/c1-2-13-8(12)6-3-4-10-5-7(6)11-9/h3-5,11H,2,9H2,1H3. The molecule has 0 amide bonds. The predicted molar refractivity (Wildman–Crippen MR) is 48.0 cm³/mol. The first-order valence-electron chi connectivity index (χ1n) is 3.87. The molecular weight excluding hydrogens is 170 g/mol. The van der Waals surface area contributed by atoms with Crippen LogP contribution >= 0.6 is 0 Å². The van der Waals surface area contributed by atoms with Crippen molar-refractivity contribution in [1.82, 2.24) is 4.98 Å². The van der Waals surface area contributed by atoms with Crippen LogP contribution in [0.1, 0.15) is 17.3 Å². The Labute approximate surface area is 75.9 Å². The van der Waals surface area contributed by atoms with Crippen molar-refractivity contribution in [2.45, 2.75) is 6.92 Å². The van der Waals surface area contributed by atoms with Gasteiger partial charge in [0.1, 0.15) is 0 Å². The molecule has 5 nitrogen and oxygen atoms in total. The highest BCUT2D eigenvalue weighted by Gasteiger charge is 2.10. The Bertz CT molecular complexity index is 301. The maximum Gasteiger partial charge on any atom is 0.340 e. The Morgan fingerprint density at radius 1 is 1.77 bits per heavy atom. The highest BCUT2D eigenvalue weighted by atomic mass is 16.5. The molecule has 0 bridgehead atoms. The average Bonchev–Trinajstić information content (AvgIpc) is 2.18. The van der Waals surface area contributed by atoms with E-state index >= 15 is 0 Å². The van der Waals surface area contributed by atoms with Gasteiger partial charge in [0.15, 0.2) is 0 Å². The van der Waals surface area contributed by atoms with E-state index in [2.05, 4.69) is 10.4 Å². The summed E-state index contributed by atoms with van der Waals surface area (Å²) in [6.07, 6.45) is 2.97. The van der Waals surface area contributed by atoms with Crippen molar-refractivity contribution in [2.75, 3.05) is 12.0 Å². The molecule has 0 aliphatic carbocycles. The Morgan fingerprint density at radius 3 is 3.15 bits per heavy atom.